The van der Waals surface area contributed by atoms with Crippen molar-refractivity contribution in [2.24, 2.45) is 10.2 Å². The molecule has 0 spiro atoms. The van der Waals surface area contributed by atoms with Crippen molar-refractivity contribution in [3.05, 3.63) is 77.9 Å². The fourth-order valence-corrected chi connectivity index (χ4v) is 2.23. The van der Waals surface area contributed by atoms with E-state index in [0.717, 1.165) is 5.69 Å². The molecule has 0 aliphatic heterocycles. The van der Waals surface area contributed by atoms with Gasteiger partial charge in [-0.1, -0.05) is 60.2 Å². The molecule has 0 saturated carbocycles. The number of aryl methyl sites for hydroxylation is 1. The van der Waals surface area contributed by atoms with Gasteiger partial charge in [0.25, 0.3) is 0 Å². The number of nitrogens with zero attached hydrogens (tertiary/aromatic N) is 2. The summed E-state index contributed by atoms with van der Waals surface area (Å²) in [4.78, 5) is 0. The van der Waals surface area contributed by atoms with E-state index >= 15 is 0 Å². The highest BCUT2D eigenvalue weighted by molar-refractivity contribution is 5.85. The van der Waals surface area contributed by atoms with E-state index < -0.39 is 0 Å². The van der Waals surface area contributed by atoms with Gasteiger partial charge in [-0.25, -0.2) is 0 Å². The lowest BCUT2D eigenvalue weighted by Gasteiger charge is -2.02. The number of benzene rings is 3. The summed E-state index contributed by atoms with van der Waals surface area (Å²) in [5.41, 5.74) is 3.34. The maximum absolute atomic E-state index is 4.32. The summed E-state index contributed by atoms with van der Waals surface area (Å²) in [5.74, 6) is 0. The van der Waals surface area contributed by atoms with Gasteiger partial charge in [0.05, 0.1) is 12.2 Å². The Morgan fingerprint density at radius 2 is 1.55 bits per heavy atom. The number of hydrogen-bond donors (Lipinski definition) is 0. The van der Waals surface area contributed by atoms with Gasteiger partial charge in [-0.05, 0) is 35.4 Å². The van der Waals surface area contributed by atoms with Crippen LogP contribution in [0.3, 0.4) is 0 Å². The lowest BCUT2D eigenvalue weighted by atomic mass is 10.1. The molecule has 98 valence electrons. The lowest BCUT2D eigenvalue weighted by molar-refractivity contribution is 0.967. The van der Waals surface area contributed by atoms with Crippen molar-refractivity contribution >= 4 is 16.5 Å². The zero-order chi connectivity index (χ0) is 13.8. The molecule has 0 heterocycles. The number of rotatable bonds is 3. The van der Waals surface area contributed by atoms with Gasteiger partial charge in [-0.2, -0.15) is 10.2 Å². The van der Waals surface area contributed by atoms with E-state index in [9.17, 15) is 0 Å². The van der Waals surface area contributed by atoms with Crippen molar-refractivity contribution < 1.29 is 0 Å². The molecule has 2 heteroatoms. The minimum atomic E-state index is 0.606. The molecule has 3 aromatic rings. The van der Waals surface area contributed by atoms with Crippen LogP contribution in [0, 0.1) is 6.92 Å². The third-order valence-corrected chi connectivity index (χ3v) is 3.34. The number of hydrogen-bond acceptors (Lipinski definition) is 2. The van der Waals surface area contributed by atoms with Crippen LogP contribution in [-0.2, 0) is 6.54 Å². The minimum absolute atomic E-state index is 0.606. The maximum atomic E-state index is 4.32. The maximum Gasteiger partial charge on any atom is 0.0859 e. The summed E-state index contributed by atoms with van der Waals surface area (Å²) in [6, 6.07) is 22.7. The van der Waals surface area contributed by atoms with Crippen molar-refractivity contribution in [1.29, 1.82) is 0 Å². The van der Waals surface area contributed by atoms with Gasteiger partial charge in [0.1, 0.15) is 0 Å². The fraction of sp³-hybridized carbons (Fsp3) is 0.111. The molecule has 0 unspecified atom stereocenters. The Morgan fingerprint density at radius 3 is 2.40 bits per heavy atom. The molecule has 0 bridgehead atoms. The van der Waals surface area contributed by atoms with Crippen molar-refractivity contribution in [3.63, 3.8) is 0 Å². The third kappa shape index (κ3) is 2.75. The van der Waals surface area contributed by atoms with Crippen molar-refractivity contribution in [1.82, 2.24) is 0 Å². The van der Waals surface area contributed by atoms with E-state index in [1.165, 1.54) is 21.9 Å². The van der Waals surface area contributed by atoms with E-state index in [0.29, 0.717) is 6.54 Å². The van der Waals surface area contributed by atoms with Crippen LogP contribution in [0.4, 0.5) is 5.69 Å². The van der Waals surface area contributed by atoms with Crippen LogP contribution in [-0.4, -0.2) is 0 Å². The second-order valence-corrected chi connectivity index (χ2v) is 4.87. The number of fused-ring (bicyclic) bond motifs is 1. The Kier molecular flexibility index (Phi) is 3.55. The first-order valence-corrected chi connectivity index (χ1v) is 6.74. The highest BCUT2D eigenvalue weighted by atomic mass is 15.1. The zero-order valence-corrected chi connectivity index (χ0v) is 11.5. The zero-order valence-electron chi connectivity index (χ0n) is 11.5. The van der Waals surface area contributed by atoms with E-state index in [1.54, 1.807) is 0 Å². The second kappa shape index (κ2) is 5.66. The van der Waals surface area contributed by atoms with Crippen LogP contribution >= 0.6 is 0 Å². The van der Waals surface area contributed by atoms with Gasteiger partial charge in [0.15, 0.2) is 0 Å². The molecule has 0 radical (unpaired) electrons. The summed E-state index contributed by atoms with van der Waals surface area (Å²) in [6.07, 6.45) is 0. The van der Waals surface area contributed by atoms with Gasteiger partial charge in [0, 0.05) is 0 Å². The number of azo groups is 1. The summed E-state index contributed by atoms with van der Waals surface area (Å²) in [6.45, 7) is 2.67. The highest BCUT2D eigenvalue weighted by Gasteiger charge is 1.98. The van der Waals surface area contributed by atoms with Crippen LogP contribution < -0.4 is 0 Å². The summed E-state index contributed by atoms with van der Waals surface area (Å²) >= 11 is 0. The molecule has 0 saturated heterocycles. The van der Waals surface area contributed by atoms with Crippen molar-refractivity contribution in [2.75, 3.05) is 0 Å². The Hall–Kier alpha value is -2.48. The van der Waals surface area contributed by atoms with Crippen molar-refractivity contribution in [2.45, 2.75) is 13.5 Å². The molecule has 0 fully saturated rings. The predicted molar refractivity (Wildman–Crippen MR) is 83.3 cm³/mol. The van der Waals surface area contributed by atoms with Crippen LogP contribution in [0.15, 0.2) is 77.0 Å². The minimum Gasteiger partial charge on any atom is -0.184 e. The molecule has 0 atom stereocenters. The normalized spacial score (nSPS) is 11.2. The summed E-state index contributed by atoms with van der Waals surface area (Å²) in [5, 5.41) is 11.1. The molecule has 0 aliphatic carbocycles. The smallest absolute Gasteiger partial charge is 0.0859 e. The van der Waals surface area contributed by atoms with Crippen LogP contribution in [0.5, 0.6) is 0 Å². The molecular formula is C18H16N2. The topological polar surface area (TPSA) is 24.7 Å². The average molecular weight is 260 g/mol. The van der Waals surface area contributed by atoms with Gasteiger partial charge in [-0.15, -0.1) is 0 Å². The van der Waals surface area contributed by atoms with Crippen LogP contribution in [0.1, 0.15) is 11.1 Å². The monoisotopic (exact) mass is 260 g/mol. The quantitative estimate of drug-likeness (QED) is 0.561. The lowest BCUT2D eigenvalue weighted by Crippen LogP contribution is -1.83. The highest BCUT2D eigenvalue weighted by Crippen LogP contribution is 2.20. The van der Waals surface area contributed by atoms with E-state index in [2.05, 4.69) is 59.6 Å². The van der Waals surface area contributed by atoms with Gasteiger partial charge >= 0.3 is 0 Å². The van der Waals surface area contributed by atoms with Crippen LogP contribution in [0.25, 0.3) is 10.8 Å². The molecule has 3 aromatic carbocycles. The van der Waals surface area contributed by atoms with Gasteiger partial charge in [0.2, 0.25) is 0 Å². The molecule has 0 aliphatic rings. The Balaban J connectivity index is 1.81. The van der Waals surface area contributed by atoms with E-state index in [-0.39, 0.29) is 0 Å². The standard InChI is InChI=1S/C18H16N2/c1-14-9-11-17(12-10-14)20-19-13-16-7-4-6-15-5-2-3-8-18(15)16/h2-12H,13H2,1H3. The first kappa shape index (κ1) is 12.5. The fourth-order valence-electron chi connectivity index (χ4n) is 2.23. The van der Waals surface area contributed by atoms with Crippen LogP contribution in [0.2, 0.25) is 0 Å². The Morgan fingerprint density at radius 1 is 0.800 bits per heavy atom. The molecule has 3 rings (SSSR count). The van der Waals surface area contributed by atoms with Crippen molar-refractivity contribution in [3.8, 4) is 0 Å². The van der Waals surface area contributed by atoms with Gasteiger partial charge < -0.3 is 0 Å². The van der Waals surface area contributed by atoms with E-state index in [1.807, 2.05) is 24.3 Å². The summed E-state index contributed by atoms with van der Waals surface area (Å²) < 4.78 is 0. The third-order valence-electron chi connectivity index (χ3n) is 3.34. The summed E-state index contributed by atoms with van der Waals surface area (Å²) in [7, 11) is 0. The molecular weight excluding hydrogens is 244 g/mol. The molecule has 0 amide bonds. The molecule has 0 aromatic heterocycles. The first-order valence-electron chi connectivity index (χ1n) is 6.74. The molecule has 0 N–H and O–H groups in total. The average Bonchev–Trinajstić information content (AvgIpc) is 2.49. The Labute approximate surface area is 118 Å². The second-order valence-electron chi connectivity index (χ2n) is 4.87. The van der Waals surface area contributed by atoms with Gasteiger partial charge in [-0.3, -0.25) is 0 Å². The largest absolute Gasteiger partial charge is 0.184 e. The SMILES string of the molecule is Cc1ccc(N=NCc2cccc3ccccc23)cc1. The Bertz CT molecular complexity index is 737. The molecule has 20 heavy (non-hydrogen) atoms. The van der Waals surface area contributed by atoms with E-state index in [4.69, 9.17) is 0 Å². The first-order chi connectivity index (χ1) is 9.83. The predicted octanol–water partition coefficient (Wildman–Crippen LogP) is 5.43. The molecule has 2 nitrogen and oxygen atoms in total.